The van der Waals surface area contributed by atoms with Gasteiger partial charge in [-0.15, -0.1) is 0 Å². The number of nitrogens with zero attached hydrogens (tertiary/aromatic N) is 1. The average molecular weight is 237 g/mol. The van der Waals surface area contributed by atoms with E-state index in [0.717, 1.165) is 24.2 Å². The molecule has 0 unspecified atom stereocenters. The third-order valence-electron chi connectivity index (χ3n) is 2.83. The highest BCUT2D eigenvalue weighted by atomic mass is 32.1. The first kappa shape index (κ1) is 11.3. The van der Waals surface area contributed by atoms with Gasteiger partial charge in [0, 0.05) is 24.9 Å². The van der Waals surface area contributed by atoms with Crippen molar-refractivity contribution >= 4 is 23.0 Å². The summed E-state index contributed by atoms with van der Waals surface area (Å²) in [5.41, 5.74) is 6.29. The zero-order valence-corrected chi connectivity index (χ0v) is 9.96. The Balaban J connectivity index is 1.89. The van der Waals surface area contributed by atoms with E-state index in [1.807, 2.05) is 12.1 Å². The van der Waals surface area contributed by atoms with Crippen molar-refractivity contribution in [2.24, 2.45) is 5.73 Å². The predicted octanol–water partition coefficient (Wildman–Crippen LogP) is 1.31. The van der Waals surface area contributed by atoms with Crippen LogP contribution in [0, 0.1) is 0 Å². The second-order valence-corrected chi connectivity index (χ2v) is 4.41. The van der Waals surface area contributed by atoms with Gasteiger partial charge in [-0.3, -0.25) is 0 Å². The van der Waals surface area contributed by atoms with Gasteiger partial charge in [-0.2, -0.15) is 0 Å². The van der Waals surface area contributed by atoms with Crippen molar-refractivity contribution < 1.29 is 4.74 Å². The molecule has 0 aromatic carbocycles. The van der Waals surface area contributed by atoms with Crippen molar-refractivity contribution in [1.82, 2.24) is 4.98 Å². The number of aromatic nitrogens is 1. The van der Waals surface area contributed by atoms with Gasteiger partial charge in [-0.05, 0) is 25.0 Å². The predicted molar refractivity (Wildman–Crippen MR) is 67.6 cm³/mol. The third kappa shape index (κ3) is 2.48. The molecule has 1 aliphatic rings. The number of rotatable bonds is 4. The lowest BCUT2D eigenvalue weighted by Crippen LogP contribution is -2.40. The summed E-state index contributed by atoms with van der Waals surface area (Å²) in [5, 5.41) is 3.33. The Morgan fingerprint density at radius 3 is 2.81 bits per heavy atom. The minimum Gasteiger partial charge on any atom is -0.389 e. The fourth-order valence-electron chi connectivity index (χ4n) is 1.71. The SMILES string of the molecule is COC1CC(Nc2ccc(C(N)=S)cn2)C1. The molecule has 1 fully saturated rings. The Kier molecular flexibility index (Phi) is 3.36. The number of thiocarbonyl (C=S) groups is 1. The molecule has 1 aromatic heterocycles. The molecule has 0 bridgehead atoms. The van der Waals surface area contributed by atoms with Crippen LogP contribution in [0.1, 0.15) is 18.4 Å². The normalized spacial score (nSPS) is 23.6. The number of pyridine rings is 1. The molecule has 1 aromatic rings. The second kappa shape index (κ2) is 4.76. The summed E-state index contributed by atoms with van der Waals surface area (Å²) in [6.07, 6.45) is 4.16. The third-order valence-corrected chi connectivity index (χ3v) is 3.06. The average Bonchev–Trinajstić information content (AvgIpc) is 2.23. The first-order valence-electron chi connectivity index (χ1n) is 5.24. The second-order valence-electron chi connectivity index (χ2n) is 3.97. The molecule has 1 aliphatic carbocycles. The lowest BCUT2D eigenvalue weighted by atomic mass is 9.89. The van der Waals surface area contributed by atoms with Crippen LogP contribution in [0.3, 0.4) is 0 Å². The number of methoxy groups -OCH3 is 1. The Morgan fingerprint density at radius 2 is 2.31 bits per heavy atom. The van der Waals surface area contributed by atoms with Crippen LogP contribution in [0.4, 0.5) is 5.82 Å². The van der Waals surface area contributed by atoms with Crippen LogP contribution in [0.5, 0.6) is 0 Å². The maximum Gasteiger partial charge on any atom is 0.126 e. The number of nitrogens with one attached hydrogen (secondary N) is 1. The smallest absolute Gasteiger partial charge is 0.126 e. The van der Waals surface area contributed by atoms with E-state index in [1.54, 1.807) is 13.3 Å². The molecule has 2 rings (SSSR count). The van der Waals surface area contributed by atoms with E-state index in [0.29, 0.717) is 17.1 Å². The molecule has 16 heavy (non-hydrogen) atoms. The van der Waals surface area contributed by atoms with Crippen LogP contribution in [0.2, 0.25) is 0 Å². The lowest BCUT2D eigenvalue weighted by Gasteiger charge is -2.34. The molecule has 0 saturated heterocycles. The maximum atomic E-state index is 5.49. The molecule has 0 atom stereocenters. The highest BCUT2D eigenvalue weighted by Crippen LogP contribution is 2.25. The fourth-order valence-corrected chi connectivity index (χ4v) is 1.83. The molecule has 0 aliphatic heterocycles. The number of ether oxygens (including phenoxy) is 1. The van der Waals surface area contributed by atoms with E-state index in [9.17, 15) is 0 Å². The highest BCUT2D eigenvalue weighted by molar-refractivity contribution is 7.80. The van der Waals surface area contributed by atoms with Gasteiger partial charge in [0.15, 0.2) is 0 Å². The topological polar surface area (TPSA) is 60.2 Å². The standard InChI is InChI=1S/C11H15N3OS/c1-15-9-4-8(5-9)14-10-3-2-7(6-13-10)11(12)16/h2-3,6,8-9H,4-5H2,1H3,(H2,12,16)(H,13,14). The summed E-state index contributed by atoms with van der Waals surface area (Å²) < 4.78 is 5.21. The van der Waals surface area contributed by atoms with Gasteiger partial charge in [-0.1, -0.05) is 12.2 Å². The summed E-state index contributed by atoms with van der Waals surface area (Å²) in [6, 6.07) is 4.24. The highest BCUT2D eigenvalue weighted by Gasteiger charge is 2.28. The van der Waals surface area contributed by atoms with Gasteiger partial charge < -0.3 is 15.8 Å². The van der Waals surface area contributed by atoms with E-state index in [1.165, 1.54) is 0 Å². The Morgan fingerprint density at radius 1 is 1.56 bits per heavy atom. The molecular formula is C11H15N3OS. The molecule has 4 nitrogen and oxygen atoms in total. The van der Waals surface area contributed by atoms with Crippen LogP contribution >= 0.6 is 12.2 Å². The molecule has 0 radical (unpaired) electrons. The summed E-state index contributed by atoms with van der Waals surface area (Å²) in [7, 11) is 1.75. The van der Waals surface area contributed by atoms with E-state index >= 15 is 0 Å². The Labute approximate surface area is 100 Å². The first-order valence-corrected chi connectivity index (χ1v) is 5.65. The maximum absolute atomic E-state index is 5.49. The summed E-state index contributed by atoms with van der Waals surface area (Å²) in [6.45, 7) is 0. The van der Waals surface area contributed by atoms with Gasteiger partial charge in [0.25, 0.3) is 0 Å². The molecular weight excluding hydrogens is 222 g/mol. The lowest BCUT2D eigenvalue weighted by molar-refractivity contribution is 0.0328. The van der Waals surface area contributed by atoms with Crippen molar-refractivity contribution in [2.75, 3.05) is 12.4 Å². The van der Waals surface area contributed by atoms with Crippen molar-refractivity contribution in [1.29, 1.82) is 0 Å². The summed E-state index contributed by atoms with van der Waals surface area (Å²) in [5.74, 6) is 0.861. The van der Waals surface area contributed by atoms with E-state index < -0.39 is 0 Å². The van der Waals surface area contributed by atoms with Gasteiger partial charge in [0.05, 0.1) is 6.10 Å². The van der Waals surface area contributed by atoms with Gasteiger partial charge in [0.2, 0.25) is 0 Å². The quantitative estimate of drug-likeness (QED) is 0.773. The molecule has 0 amide bonds. The first-order chi connectivity index (χ1) is 7.69. The van der Waals surface area contributed by atoms with Crippen molar-refractivity contribution in [2.45, 2.75) is 25.0 Å². The van der Waals surface area contributed by atoms with Crippen LogP contribution in [-0.4, -0.2) is 29.2 Å². The molecule has 3 N–H and O–H groups in total. The van der Waals surface area contributed by atoms with E-state index in [2.05, 4.69) is 10.3 Å². The number of hydrogen-bond donors (Lipinski definition) is 2. The number of nitrogens with two attached hydrogens (primary N) is 1. The summed E-state index contributed by atoms with van der Waals surface area (Å²) in [4.78, 5) is 4.63. The molecule has 5 heteroatoms. The largest absolute Gasteiger partial charge is 0.389 e. The van der Waals surface area contributed by atoms with Crippen molar-refractivity contribution in [3.63, 3.8) is 0 Å². The Hall–Kier alpha value is -1.20. The minimum atomic E-state index is 0.377. The van der Waals surface area contributed by atoms with Crippen LogP contribution in [0.15, 0.2) is 18.3 Å². The van der Waals surface area contributed by atoms with Gasteiger partial charge in [0.1, 0.15) is 10.8 Å². The van der Waals surface area contributed by atoms with Crippen molar-refractivity contribution in [3.8, 4) is 0 Å². The van der Waals surface area contributed by atoms with Gasteiger partial charge in [-0.25, -0.2) is 4.98 Å². The summed E-state index contributed by atoms with van der Waals surface area (Å²) >= 11 is 4.86. The zero-order chi connectivity index (χ0) is 11.5. The molecule has 0 spiro atoms. The molecule has 86 valence electrons. The van der Waals surface area contributed by atoms with Crippen LogP contribution in [0.25, 0.3) is 0 Å². The van der Waals surface area contributed by atoms with Crippen LogP contribution in [-0.2, 0) is 4.74 Å². The number of anilines is 1. The van der Waals surface area contributed by atoms with Crippen LogP contribution < -0.4 is 11.1 Å². The minimum absolute atomic E-state index is 0.377. The fraction of sp³-hybridized carbons (Fsp3) is 0.455. The monoisotopic (exact) mass is 237 g/mol. The molecule has 1 saturated carbocycles. The van der Waals surface area contributed by atoms with Gasteiger partial charge >= 0.3 is 0 Å². The van der Waals surface area contributed by atoms with Crippen molar-refractivity contribution in [3.05, 3.63) is 23.9 Å². The Bertz CT molecular complexity index is 373. The zero-order valence-electron chi connectivity index (χ0n) is 9.14. The number of hydrogen-bond acceptors (Lipinski definition) is 4. The van der Waals surface area contributed by atoms with E-state index in [-0.39, 0.29) is 0 Å². The van der Waals surface area contributed by atoms with E-state index in [4.69, 9.17) is 22.7 Å². The molecule has 1 heterocycles.